The first-order chi connectivity index (χ1) is 33.1. The van der Waals surface area contributed by atoms with E-state index in [0.717, 1.165) is 129 Å². The van der Waals surface area contributed by atoms with Crippen LogP contribution >= 0.6 is 0 Å². The first kappa shape index (κ1) is 120. The molecule has 0 amide bonds. The van der Waals surface area contributed by atoms with Crippen molar-refractivity contribution in [2.24, 2.45) is 21.7 Å². The van der Waals surface area contributed by atoms with Crippen LogP contribution in [0.3, 0.4) is 0 Å². The summed E-state index contributed by atoms with van der Waals surface area (Å²) in [6, 6.07) is 0. The molecule has 0 heterocycles. The van der Waals surface area contributed by atoms with Crippen molar-refractivity contribution in [3.63, 3.8) is 0 Å². The van der Waals surface area contributed by atoms with Gasteiger partial charge in [0.25, 0.3) is 0 Å². The van der Waals surface area contributed by atoms with Crippen molar-refractivity contribution in [2.75, 3.05) is 26.2 Å². The van der Waals surface area contributed by atoms with Crippen LogP contribution in [0.15, 0.2) is 0 Å². The zero-order valence-electron chi connectivity index (χ0n) is 46.0. The second-order valence-corrected chi connectivity index (χ2v) is 16.8. The van der Waals surface area contributed by atoms with Gasteiger partial charge in [-0.3, -0.25) is 0 Å². The van der Waals surface area contributed by atoms with Crippen molar-refractivity contribution in [2.45, 2.75) is 154 Å². The average Bonchev–Trinajstić information content (AvgIpc) is 3.24. The van der Waals surface area contributed by atoms with Crippen LogP contribution in [-0.4, -0.2) is 91.5 Å². The van der Waals surface area contributed by atoms with Crippen LogP contribution < -0.4 is 43.4 Å². The van der Waals surface area contributed by atoms with Crippen molar-refractivity contribution < 1.29 is 204 Å². The van der Waals surface area contributed by atoms with E-state index >= 15 is 0 Å². The van der Waals surface area contributed by atoms with Crippen LogP contribution in [0.4, 0.5) is 0 Å². The summed E-state index contributed by atoms with van der Waals surface area (Å²) in [6.07, 6.45) is 23.2. The van der Waals surface area contributed by atoms with Gasteiger partial charge in [-0.25, -0.2) is 0 Å². The van der Waals surface area contributed by atoms with Gasteiger partial charge in [0.05, 0.1) is 56.7 Å². The largest absolute Gasteiger partial charge is 2.00 e. The minimum absolute atomic E-state index is 0. The minimum Gasteiger partial charge on any atom is -0.870 e. The van der Waals surface area contributed by atoms with Gasteiger partial charge in [0.2, 0.25) is 0 Å². The van der Waals surface area contributed by atoms with Gasteiger partial charge < -0.3 is 187 Å². The van der Waals surface area contributed by atoms with Gasteiger partial charge in [-0.15, -0.1) is 0 Å². The topological polar surface area (TPSA) is 860 Å². The van der Waals surface area contributed by atoms with Crippen molar-refractivity contribution in [1.82, 2.24) is 0 Å². The monoisotopic (exact) mass is 1420 g/mol. The fraction of sp³-hybridized carbons (Fsp3) is 0.889. The van der Waals surface area contributed by atoms with Crippen LogP contribution in [0.1, 0.15) is 154 Å². The van der Waals surface area contributed by atoms with Crippen molar-refractivity contribution in [3.8, 4) is 0 Å². The summed E-state index contributed by atoms with van der Waals surface area (Å²) in [4.78, 5) is 91.5. The van der Waals surface area contributed by atoms with Crippen LogP contribution in [-0.2, 0) is 119 Å². The zero-order valence-corrected chi connectivity index (χ0v) is 57.8. The number of carboxylic acids is 4. The second-order valence-electron chi connectivity index (χ2n) is 16.8. The van der Waals surface area contributed by atoms with Gasteiger partial charge in [0.15, 0.2) is 0 Å². The molecular formula is C36H82N10O32Zn4+4. The predicted molar refractivity (Wildman–Crippen MR) is 257 cm³/mol. The molecule has 4 aliphatic rings. The molecule has 0 aromatic heterocycles. The van der Waals surface area contributed by atoms with E-state index in [9.17, 15) is 39.6 Å². The third-order valence-electron chi connectivity index (χ3n) is 11.9. The van der Waals surface area contributed by atoms with E-state index in [2.05, 4.69) is 22.9 Å². The van der Waals surface area contributed by atoms with Gasteiger partial charge in [0, 0.05) is 45.5 Å². The van der Waals surface area contributed by atoms with Crippen LogP contribution in [0, 0.1) is 114 Å². The SMILES string of the molecule is O=[N+]([O-])[O-].O=[N+]([O-])[O-].O=[N+]([O-])[O-].O=[N+]([O-])[O-].O=[N+]([O-])[O-].O=[N+]([O-])[O-].[NH3+]CC1(CC(=O)[O-])CCCCC1.[NH3+]CC1(CC(=O)[O-])CCCCC1.[NH3+]CC1(CC(=O)[O-])CCCCC1.[NH3+]CC1(CC(=O)[O-])CCCCC1.[OH-].[OH-].[OH3+].[OH3+].[OH3+].[OH3+].[Zn+2].[Zn+2].[Zn+2].[Zn+2]. The summed E-state index contributed by atoms with van der Waals surface area (Å²) < 4.78 is 0. The molecule has 4 aliphatic carbocycles. The predicted octanol–water partition coefficient (Wildman–Crippen LogP) is -8.21. The fourth-order valence-corrected chi connectivity index (χ4v) is 8.49. The Morgan fingerprint density at radius 1 is 0.280 bits per heavy atom. The maximum absolute atomic E-state index is 10.5. The number of nitrogens with zero attached hydrogens (tertiary/aromatic N) is 6. The number of carboxylic acid groups (broad SMARTS) is 4. The molecule has 0 aromatic carbocycles. The second kappa shape index (κ2) is 72.3. The Bertz CT molecular complexity index is 1320. The van der Waals surface area contributed by atoms with Gasteiger partial charge >= 0.3 is 77.9 Å². The molecule has 0 unspecified atom stereocenters. The standard InChI is InChI=1S/4C9H17NO2.6NO3.6H2O.4Zn/c4*10-7-9(6-8(11)12)4-2-1-3-5-9;6*2-1(3)4;;;;;;;;;;/h4*1-7,10H2,(H,11,12);;;;;;;6*1H2;;;;/q;;;;6*-1;;;;;;;4*+2/p+2. The first-order valence-corrected chi connectivity index (χ1v) is 22.0. The molecule has 0 radical (unpaired) electrons. The Hall–Kier alpha value is -4.83. The molecule has 46 heteroatoms. The number of carbonyl (C=O) groups excluding carboxylic acids is 4. The quantitative estimate of drug-likeness (QED) is 0.0610. The fourth-order valence-electron chi connectivity index (χ4n) is 8.49. The molecule has 0 saturated heterocycles. The van der Waals surface area contributed by atoms with Gasteiger partial charge in [-0.1, -0.05) is 77.0 Å². The summed E-state index contributed by atoms with van der Waals surface area (Å²) >= 11 is 0. The Balaban J connectivity index is -0.0000000432. The zero-order chi connectivity index (χ0) is 57.6. The maximum Gasteiger partial charge on any atom is 2.00 e. The molecule has 4 rings (SSSR count). The Morgan fingerprint density at radius 2 is 0.366 bits per heavy atom. The summed E-state index contributed by atoms with van der Waals surface area (Å²) in [6.45, 7) is 2.95. The van der Waals surface area contributed by atoms with Crippen molar-refractivity contribution in [1.29, 1.82) is 0 Å². The van der Waals surface area contributed by atoms with E-state index in [0.29, 0.717) is 0 Å². The molecule has 0 bridgehead atoms. The van der Waals surface area contributed by atoms with Crippen molar-refractivity contribution >= 4 is 23.9 Å². The molecule has 0 spiro atoms. The van der Waals surface area contributed by atoms with E-state index < -0.39 is 54.4 Å². The summed E-state index contributed by atoms with van der Waals surface area (Å²) in [7, 11) is 0. The number of hydrogen-bond donors (Lipinski definition) is 4. The average molecular weight is 1430 g/mol. The Labute approximate surface area is 519 Å². The third kappa shape index (κ3) is 91.7. The molecular weight excluding hydrogens is 1350 g/mol. The number of aliphatic carboxylic acids is 4. The molecule has 26 N–H and O–H groups in total. The number of rotatable bonds is 12. The molecule has 42 nitrogen and oxygen atoms in total. The number of carbonyl (C=O) groups is 4. The van der Waals surface area contributed by atoms with Crippen molar-refractivity contribution in [3.05, 3.63) is 91.9 Å². The number of hydrogen-bond acceptors (Lipinski definition) is 28. The van der Waals surface area contributed by atoms with E-state index in [4.69, 9.17) is 91.9 Å². The normalized spacial score (nSPS) is 14.7. The van der Waals surface area contributed by atoms with E-state index in [1.54, 1.807) is 0 Å². The van der Waals surface area contributed by atoms with Gasteiger partial charge in [0.1, 0.15) is 0 Å². The summed E-state index contributed by atoms with van der Waals surface area (Å²) in [5, 5.41) is 130. The smallest absolute Gasteiger partial charge is 0.870 e. The molecule has 0 aliphatic heterocycles. The first-order valence-electron chi connectivity index (χ1n) is 22.0. The molecule has 82 heavy (non-hydrogen) atoms. The maximum atomic E-state index is 10.5. The van der Waals surface area contributed by atoms with Crippen LogP contribution in [0.25, 0.3) is 0 Å². The van der Waals surface area contributed by atoms with E-state index in [1.807, 2.05) is 0 Å². The van der Waals surface area contributed by atoms with Crippen LogP contribution in [0.2, 0.25) is 0 Å². The Kier molecular flexibility index (Phi) is 105. The summed E-state index contributed by atoms with van der Waals surface area (Å²) in [5.74, 6) is -3.66. The molecule has 0 aromatic rings. The molecule has 0 atom stereocenters. The third-order valence-corrected chi connectivity index (χ3v) is 11.9. The molecule has 4 saturated carbocycles. The minimum atomic E-state index is -1.75. The summed E-state index contributed by atoms with van der Waals surface area (Å²) in [5.41, 5.74) is 15.3. The number of quaternary nitrogens is 4. The van der Waals surface area contributed by atoms with Gasteiger partial charge in [-0.05, 0) is 77.0 Å². The Morgan fingerprint density at radius 3 is 0.427 bits per heavy atom. The van der Waals surface area contributed by atoms with E-state index in [1.165, 1.54) is 25.7 Å². The molecule has 472 valence electrons. The van der Waals surface area contributed by atoms with Gasteiger partial charge in [-0.2, -0.15) is 0 Å². The van der Waals surface area contributed by atoms with E-state index in [-0.39, 0.29) is 158 Å². The van der Waals surface area contributed by atoms with Crippen LogP contribution in [0.5, 0.6) is 0 Å². The molecule has 4 fully saturated rings.